The summed E-state index contributed by atoms with van der Waals surface area (Å²) in [7, 11) is 1.53. The van der Waals surface area contributed by atoms with Crippen molar-refractivity contribution in [3.63, 3.8) is 0 Å². The number of hydrogen-bond acceptors (Lipinski definition) is 9. The van der Waals surface area contributed by atoms with E-state index in [9.17, 15) is 14.9 Å². The lowest BCUT2D eigenvalue weighted by Crippen LogP contribution is -2.19. The van der Waals surface area contributed by atoms with Gasteiger partial charge in [-0.2, -0.15) is 5.10 Å². The van der Waals surface area contributed by atoms with E-state index in [0.717, 1.165) is 20.5 Å². The van der Waals surface area contributed by atoms with Crippen molar-refractivity contribution in [2.24, 2.45) is 5.10 Å². The number of nitrogens with zero attached hydrogens (tertiary/aromatic N) is 4. The summed E-state index contributed by atoms with van der Waals surface area (Å²) < 4.78 is 12.1. The molecule has 2 aromatic carbocycles. The fourth-order valence-electron chi connectivity index (χ4n) is 2.92. The van der Waals surface area contributed by atoms with E-state index >= 15 is 0 Å². The van der Waals surface area contributed by atoms with Crippen LogP contribution in [0.15, 0.2) is 52.7 Å². The van der Waals surface area contributed by atoms with Crippen molar-refractivity contribution in [1.29, 1.82) is 0 Å². The molecule has 1 amide bonds. The van der Waals surface area contributed by atoms with Crippen molar-refractivity contribution in [3.8, 4) is 11.5 Å². The number of carbonyl (C=O) groups is 1. The van der Waals surface area contributed by atoms with E-state index in [2.05, 4.69) is 43.1 Å². The molecule has 3 rings (SSSR count). The summed E-state index contributed by atoms with van der Waals surface area (Å²) >= 11 is 3.36. The van der Waals surface area contributed by atoms with Gasteiger partial charge in [-0.25, -0.2) is 15.4 Å². The van der Waals surface area contributed by atoms with Crippen LogP contribution in [0, 0.1) is 27.5 Å². The van der Waals surface area contributed by atoms with E-state index in [0.29, 0.717) is 22.2 Å². The highest BCUT2D eigenvalue weighted by Gasteiger charge is 2.12. The average molecular weight is 607 g/mol. The van der Waals surface area contributed by atoms with Crippen LogP contribution in [0.5, 0.6) is 11.5 Å². The van der Waals surface area contributed by atoms with E-state index in [-0.39, 0.29) is 24.0 Å². The van der Waals surface area contributed by atoms with Gasteiger partial charge in [0.1, 0.15) is 6.61 Å². The first kappa shape index (κ1) is 26.3. The van der Waals surface area contributed by atoms with Crippen LogP contribution >= 0.6 is 34.4 Å². The summed E-state index contributed by atoms with van der Waals surface area (Å²) in [6.45, 7) is 3.98. The molecule has 182 valence electrons. The Kier molecular flexibility index (Phi) is 9.37. The second-order valence-corrected chi connectivity index (χ2v) is 9.37. The molecule has 35 heavy (non-hydrogen) atoms. The summed E-state index contributed by atoms with van der Waals surface area (Å²) in [6, 6.07) is 11.6. The number of non-ortho nitro benzene ring substituents is 1. The van der Waals surface area contributed by atoms with Gasteiger partial charge in [-0.3, -0.25) is 14.9 Å². The number of aryl methyl sites for hydroxylation is 2. The second-order valence-electron chi connectivity index (χ2n) is 7.26. The Hall–Kier alpha value is -3.26. The Morgan fingerprint density at radius 1 is 1.20 bits per heavy atom. The minimum absolute atomic E-state index is 0.0221. The first-order chi connectivity index (χ1) is 16.7. The summed E-state index contributed by atoms with van der Waals surface area (Å²) in [5, 5.41) is 15.4. The third-order valence-electron chi connectivity index (χ3n) is 4.48. The molecule has 10 nitrogen and oxygen atoms in total. The van der Waals surface area contributed by atoms with Crippen molar-refractivity contribution in [1.82, 2.24) is 15.4 Å². The van der Waals surface area contributed by atoms with Crippen LogP contribution in [-0.4, -0.2) is 39.9 Å². The fraction of sp³-hybridized carbons (Fsp3) is 0.217. The first-order valence-corrected chi connectivity index (χ1v) is 12.3. The molecule has 1 N–H and O–H groups in total. The van der Waals surface area contributed by atoms with E-state index in [1.54, 1.807) is 18.2 Å². The lowest BCUT2D eigenvalue weighted by atomic mass is 10.2. The van der Waals surface area contributed by atoms with Crippen LogP contribution in [0.3, 0.4) is 0 Å². The maximum atomic E-state index is 12.1. The fourth-order valence-corrected chi connectivity index (χ4v) is 4.45. The van der Waals surface area contributed by atoms with Crippen LogP contribution in [-0.2, 0) is 11.4 Å². The lowest BCUT2D eigenvalue weighted by Gasteiger charge is -2.13. The number of nitrogens with one attached hydrogen (secondary N) is 1. The molecule has 0 unspecified atom stereocenters. The van der Waals surface area contributed by atoms with Gasteiger partial charge < -0.3 is 9.47 Å². The van der Waals surface area contributed by atoms with Crippen molar-refractivity contribution < 1.29 is 19.2 Å². The molecule has 1 aromatic heterocycles. The Morgan fingerprint density at radius 3 is 2.51 bits per heavy atom. The van der Waals surface area contributed by atoms with E-state index in [4.69, 9.17) is 9.47 Å². The summed E-state index contributed by atoms with van der Waals surface area (Å²) in [4.78, 5) is 31.1. The maximum Gasteiger partial charge on any atom is 0.269 e. The number of rotatable bonds is 10. The highest BCUT2D eigenvalue weighted by Crippen LogP contribution is 2.34. The number of thioether (sulfide) groups is 1. The second kappa shape index (κ2) is 12.4. The zero-order valence-corrected chi connectivity index (χ0v) is 22.1. The predicted molar refractivity (Wildman–Crippen MR) is 141 cm³/mol. The third-order valence-corrected chi connectivity index (χ3v) is 6.13. The van der Waals surface area contributed by atoms with Gasteiger partial charge in [0.05, 0.1) is 27.6 Å². The molecule has 0 bridgehead atoms. The minimum Gasteiger partial charge on any atom is -0.493 e. The summed E-state index contributed by atoms with van der Waals surface area (Å²) in [6.07, 6.45) is 1.51. The number of aromatic nitrogens is 2. The Morgan fingerprint density at radius 2 is 1.89 bits per heavy atom. The largest absolute Gasteiger partial charge is 0.493 e. The van der Waals surface area contributed by atoms with Gasteiger partial charge in [0.15, 0.2) is 16.7 Å². The zero-order valence-electron chi connectivity index (χ0n) is 19.1. The summed E-state index contributed by atoms with van der Waals surface area (Å²) in [5.74, 6) is 0.890. The number of carbonyl (C=O) groups excluding carboxylic acids is 1. The molecule has 1 heterocycles. The molecule has 12 heteroatoms. The number of benzene rings is 2. The van der Waals surface area contributed by atoms with Gasteiger partial charge in [0.25, 0.3) is 11.6 Å². The van der Waals surface area contributed by atoms with Crippen molar-refractivity contribution in [2.45, 2.75) is 25.6 Å². The van der Waals surface area contributed by atoms with Crippen LogP contribution in [0.25, 0.3) is 0 Å². The number of halogens is 1. The molecule has 0 saturated carbocycles. The van der Waals surface area contributed by atoms with Crippen LogP contribution in [0.4, 0.5) is 5.69 Å². The van der Waals surface area contributed by atoms with Crippen LogP contribution in [0.1, 0.15) is 22.5 Å². The van der Waals surface area contributed by atoms with E-state index < -0.39 is 4.92 Å². The molecule has 0 saturated heterocycles. The quantitative estimate of drug-likeness (QED) is 0.0895. The minimum atomic E-state index is -0.447. The van der Waals surface area contributed by atoms with Gasteiger partial charge in [0, 0.05) is 23.5 Å². The van der Waals surface area contributed by atoms with Crippen molar-refractivity contribution in [2.75, 3.05) is 12.9 Å². The molecule has 0 aliphatic rings. The van der Waals surface area contributed by atoms with E-state index in [1.807, 2.05) is 26.0 Å². The highest BCUT2D eigenvalue weighted by atomic mass is 127. The number of nitro groups is 1. The smallest absolute Gasteiger partial charge is 0.269 e. The topological polar surface area (TPSA) is 129 Å². The monoisotopic (exact) mass is 607 g/mol. The first-order valence-electron chi connectivity index (χ1n) is 10.3. The number of hydrazone groups is 1. The number of ether oxygens (including phenoxy) is 2. The van der Waals surface area contributed by atoms with Gasteiger partial charge in [-0.1, -0.05) is 11.8 Å². The van der Waals surface area contributed by atoms with Crippen molar-refractivity contribution in [3.05, 3.63) is 78.7 Å². The van der Waals surface area contributed by atoms with Gasteiger partial charge in [0.2, 0.25) is 0 Å². The zero-order chi connectivity index (χ0) is 25.4. The Bertz CT molecular complexity index is 1230. The molecular formula is C23H22IN5O5S. The maximum absolute atomic E-state index is 12.1. The third kappa shape index (κ3) is 7.89. The number of methoxy groups -OCH3 is 1. The Labute approximate surface area is 219 Å². The molecule has 0 aliphatic carbocycles. The molecule has 0 radical (unpaired) electrons. The molecule has 0 spiro atoms. The number of nitro benzene ring substituents is 1. The van der Waals surface area contributed by atoms with Crippen LogP contribution < -0.4 is 14.9 Å². The van der Waals surface area contributed by atoms with Crippen LogP contribution in [0.2, 0.25) is 0 Å². The highest BCUT2D eigenvalue weighted by molar-refractivity contribution is 14.1. The van der Waals surface area contributed by atoms with E-state index in [1.165, 1.54) is 37.2 Å². The normalized spacial score (nSPS) is 10.9. The number of amides is 1. The van der Waals surface area contributed by atoms with Gasteiger partial charge in [-0.15, -0.1) is 0 Å². The standard InChI is InChI=1S/C23H22IN5O5S/c1-14-8-15(2)27-23(26-14)35-13-21(30)28-25-11-17-9-19(24)22(20(10-17)33-3)34-12-16-4-6-18(7-5-16)29(31)32/h4-11H,12-13H2,1-3H3,(H,28,30)/b25-11-. The molecule has 3 aromatic rings. The number of hydrogen-bond donors (Lipinski definition) is 1. The summed E-state index contributed by atoms with van der Waals surface area (Å²) in [5.41, 5.74) is 5.70. The van der Waals surface area contributed by atoms with Crippen molar-refractivity contribution >= 4 is 52.2 Å². The molecule has 0 fully saturated rings. The lowest BCUT2D eigenvalue weighted by molar-refractivity contribution is -0.384. The average Bonchev–Trinajstić information content (AvgIpc) is 2.81. The molecular weight excluding hydrogens is 585 g/mol. The SMILES string of the molecule is COc1cc(/C=N\NC(=O)CSc2nc(C)cc(C)n2)cc(I)c1OCc1ccc([N+](=O)[O-])cc1. The Balaban J connectivity index is 1.58. The molecule has 0 atom stereocenters. The predicted octanol–water partition coefficient (Wildman–Crippen LogP) is 4.44. The van der Waals surface area contributed by atoms with Gasteiger partial charge in [-0.05, 0) is 77.9 Å². The van der Waals surface area contributed by atoms with Gasteiger partial charge >= 0.3 is 0 Å². The molecule has 0 aliphatic heterocycles.